The molecule has 0 unspecified atom stereocenters. The molecule has 1 aromatic heterocycles. The van der Waals surface area contributed by atoms with E-state index in [0.717, 1.165) is 0 Å². The van der Waals surface area contributed by atoms with Crippen molar-refractivity contribution in [1.29, 1.82) is 0 Å². The van der Waals surface area contributed by atoms with Crippen molar-refractivity contribution < 1.29 is 14.6 Å². The molecule has 116 valence electrons. The van der Waals surface area contributed by atoms with Crippen LogP contribution in [0.4, 0.5) is 0 Å². The smallest absolute Gasteiger partial charge is 0.281 e. The molecule has 0 spiro atoms. The fraction of sp³-hybridized carbons (Fsp3) is 0.143. The maximum absolute atomic E-state index is 11.8. The highest BCUT2D eigenvalue weighted by atomic mass is 79.9. The van der Waals surface area contributed by atoms with Crippen LogP contribution >= 0.6 is 43.2 Å². The van der Waals surface area contributed by atoms with Crippen molar-refractivity contribution in [2.45, 2.75) is 6.92 Å². The SMILES string of the molecule is CCOc1cc(/C=N\NC(=O)c2cccs2)c(Br)c(Br)c1O. The van der Waals surface area contributed by atoms with Crippen molar-refractivity contribution in [1.82, 2.24) is 5.43 Å². The lowest BCUT2D eigenvalue weighted by molar-refractivity contribution is 0.0959. The largest absolute Gasteiger partial charge is 0.503 e. The van der Waals surface area contributed by atoms with Crippen LogP contribution < -0.4 is 10.2 Å². The van der Waals surface area contributed by atoms with Crippen molar-refractivity contribution in [2.75, 3.05) is 6.61 Å². The maximum atomic E-state index is 11.8. The molecular weight excluding hydrogens is 436 g/mol. The van der Waals surface area contributed by atoms with Gasteiger partial charge in [-0.15, -0.1) is 11.3 Å². The first-order chi connectivity index (χ1) is 10.5. The van der Waals surface area contributed by atoms with Crippen molar-refractivity contribution >= 4 is 55.3 Å². The molecule has 1 heterocycles. The van der Waals surface area contributed by atoms with Crippen LogP contribution in [-0.4, -0.2) is 23.8 Å². The molecule has 0 aliphatic rings. The van der Waals surface area contributed by atoms with Crippen LogP contribution in [0.5, 0.6) is 11.5 Å². The number of benzene rings is 1. The second kappa shape index (κ2) is 7.75. The molecule has 5 nitrogen and oxygen atoms in total. The summed E-state index contributed by atoms with van der Waals surface area (Å²) in [5.74, 6) is 0.0716. The molecule has 1 amide bonds. The lowest BCUT2D eigenvalue weighted by Gasteiger charge is -2.10. The average Bonchev–Trinajstić information content (AvgIpc) is 3.04. The Balaban J connectivity index is 2.18. The lowest BCUT2D eigenvalue weighted by atomic mass is 10.2. The Morgan fingerprint density at radius 1 is 1.50 bits per heavy atom. The molecule has 22 heavy (non-hydrogen) atoms. The number of phenolic OH excluding ortho intramolecular Hbond substituents is 1. The predicted octanol–water partition coefficient (Wildman–Crippen LogP) is 4.14. The first kappa shape index (κ1) is 17.0. The minimum atomic E-state index is -0.273. The number of halogens is 2. The van der Waals surface area contributed by atoms with E-state index in [1.54, 1.807) is 18.2 Å². The highest BCUT2D eigenvalue weighted by Gasteiger charge is 2.14. The van der Waals surface area contributed by atoms with E-state index in [1.807, 2.05) is 12.3 Å². The van der Waals surface area contributed by atoms with Crippen LogP contribution in [-0.2, 0) is 0 Å². The molecular formula is C14H12Br2N2O3S. The van der Waals surface area contributed by atoms with Gasteiger partial charge in [0, 0.05) is 10.0 Å². The Kier molecular flexibility index (Phi) is 5.98. The van der Waals surface area contributed by atoms with Crippen molar-refractivity contribution in [2.24, 2.45) is 5.10 Å². The summed E-state index contributed by atoms with van der Waals surface area (Å²) in [6, 6.07) is 5.15. The van der Waals surface area contributed by atoms with E-state index in [0.29, 0.717) is 31.7 Å². The van der Waals surface area contributed by atoms with Crippen molar-refractivity contribution in [3.05, 3.63) is 43.0 Å². The Hall–Kier alpha value is -1.38. The normalized spacial score (nSPS) is 10.9. The van der Waals surface area contributed by atoms with E-state index in [4.69, 9.17) is 4.74 Å². The van der Waals surface area contributed by atoms with Crippen LogP contribution in [0.1, 0.15) is 22.2 Å². The van der Waals surface area contributed by atoms with Crippen molar-refractivity contribution in [3.8, 4) is 11.5 Å². The number of nitrogens with one attached hydrogen (secondary N) is 1. The quantitative estimate of drug-likeness (QED) is 0.534. The van der Waals surface area contributed by atoms with Gasteiger partial charge >= 0.3 is 0 Å². The molecule has 0 fully saturated rings. The molecule has 1 aromatic carbocycles. The van der Waals surface area contributed by atoms with Gasteiger partial charge in [0.05, 0.1) is 22.2 Å². The third-order valence-corrected chi connectivity index (χ3v) is 5.62. The van der Waals surface area contributed by atoms with E-state index in [-0.39, 0.29) is 11.7 Å². The second-order valence-corrected chi connectivity index (χ2v) is 6.58. The molecule has 0 bridgehead atoms. The molecule has 2 N–H and O–H groups in total. The van der Waals surface area contributed by atoms with Gasteiger partial charge < -0.3 is 9.84 Å². The van der Waals surface area contributed by atoms with E-state index in [9.17, 15) is 9.90 Å². The van der Waals surface area contributed by atoms with Crippen LogP contribution in [0.3, 0.4) is 0 Å². The molecule has 0 saturated heterocycles. The molecule has 2 aromatic rings. The third-order valence-electron chi connectivity index (χ3n) is 2.59. The maximum Gasteiger partial charge on any atom is 0.281 e. The Morgan fingerprint density at radius 2 is 2.27 bits per heavy atom. The molecule has 8 heteroatoms. The number of aromatic hydroxyl groups is 1. The highest BCUT2D eigenvalue weighted by Crippen LogP contribution is 2.41. The summed E-state index contributed by atoms with van der Waals surface area (Å²) in [5.41, 5.74) is 3.10. The summed E-state index contributed by atoms with van der Waals surface area (Å²) in [7, 11) is 0. The second-order valence-electron chi connectivity index (χ2n) is 4.05. The summed E-state index contributed by atoms with van der Waals surface area (Å²) in [6.45, 7) is 2.25. The number of rotatable bonds is 5. The van der Waals surface area contributed by atoms with E-state index in [1.165, 1.54) is 17.6 Å². The zero-order valence-electron chi connectivity index (χ0n) is 11.5. The zero-order chi connectivity index (χ0) is 16.1. The number of phenols is 1. The number of thiophene rings is 1. The number of nitrogens with zero attached hydrogens (tertiary/aromatic N) is 1. The molecule has 0 radical (unpaired) electrons. The minimum Gasteiger partial charge on any atom is -0.503 e. The highest BCUT2D eigenvalue weighted by molar-refractivity contribution is 9.13. The van der Waals surface area contributed by atoms with Gasteiger partial charge in [-0.3, -0.25) is 4.79 Å². The average molecular weight is 448 g/mol. The van der Waals surface area contributed by atoms with Gasteiger partial charge in [0.25, 0.3) is 5.91 Å². The molecule has 0 atom stereocenters. The third kappa shape index (κ3) is 3.88. The lowest BCUT2D eigenvalue weighted by Crippen LogP contribution is -2.16. The molecule has 2 rings (SSSR count). The van der Waals surface area contributed by atoms with Gasteiger partial charge in [-0.1, -0.05) is 6.07 Å². The van der Waals surface area contributed by atoms with Gasteiger partial charge in [-0.25, -0.2) is 5.43 Å². The predicted molar refractivity (Wildman–Crippen MR) is 94.1 cm³/mol. The summed E-state index contributed by atoms with van der Waals surface area (Å²) < 4.78 is 6.43. The van der Waals surface area contributed by atoms with E-state index < -0.39 is 0 Å². The number of amides is 1. The van der Waals surface area contributed by atoms with E-state index >= 15 is 0 Å². The van der Waals surface area contributed by atoms with Gasteiger partial charge in [-0.05, 0) is 56.3 Å². The summed E-state index contributed by atoms with van der Waals surface area (Å²) in [5, 5.41) is 15.7. The van der Waals surface area contributed by atoms with Gasteiger partial charge in [0.1, 0.15) is 0 Å². The first-order valence-electron chi connectivity index (χ1n) is 6.25. The molecule has 0 saturated carbocycles. The van der Waals surface area contributed by atoms with Gasteiger partial charge in [0.15, 0.2) is 11.5 Å². The Morgan fingerprint density at radius 3 is 2.91 bits per heavy atom. The van der Waals surface area contributed by atoms with Crippen molar-refractivity contribution in [3.63, 3.8) is 0 Å². The number of ether oxygens (including phenoxy) is 1. The number of hydrazone groups is 1. The number of carbonyl (C=O) groups is 1. The minimum absolute atomic E-state index is 0.00787. The van der Waals surface area contributed by atoms with Crippen LogP contribution in [0, 0.1) is 0 Å². The summed E-state index contributed by atoms with van der Waals surface area (Å²) >= 11 is 7.97. The van der Waals surface area contributed by atoms with Crippen LogP contribution in [0.2, 0.25) is 0 Å². The fourth-order valence-electron chi connectivity index (χ4n) is 1.59. The van der Waals surface area contributed by atoms with Gasteiger partial charge in [-0.2, -0.15) is 5.10 Å². The number of carbonyl (C=O) groups excluding carboxylic acids is 1. The Labute approximate surface area is 148 Å². The molecule has 0 aliphatic heterocycles. The topological polar surface area (TPSA) is 70.9 Å². The fourth-order valence-corrected chi connectivity index (χ4v) is 3.04. The number of hydrogen-bond acceptors (Lipinski definition) is 5. The Bertz CT molecular complexity index is 703. The van der Waals surface area contributed by atoms with E-state index in [2.05, 4.69) is 42.4 Å². The summed E-state index contributed by atoms with van der Waals surface area (Å²) in [4.78, 5) is 12.4. The molecule has 0 aliphatic carbocycles. The van der Waals surface area contributed by atoms with Crippen LogP contribution in [0.25, 0.3) is 0 Å². The summed E-state index contributed by atoms with van der Waals surface area (Å²) in [6.07, 6.45) is 1.47. The van der Waals surface area contributed by atoms with Crippen LogP contribution in [0.15, 0.2) is 37.6 Å². The first-order valence-corrected chi connectivity index (χ1v) is 8.71. The number of hydrogen-bond donors (Lipinski definition) is 2. The van der Waals surface area contributed by atoms with Gasteiger partial charge in [0.2, 0.25) is 0 Å². The zero-order valence-corrected chi connectivity index (χ0v) is 15.5. The monoisotopic (exact) mass is 446 g/mol. The standard InChI is InChI=1S/C14H12Br2N2O3S/c1-2-21-9-6-8(11(15)12(16)13(9)19)7-17-18-14(20)10-4-3-5-22-10/h3-7,19H,2H2,1H3,(H,18,20)/b17-7-.